The Balaban J connectivity index is 1.46. The van der Waals surface area contributed by atoms with Crippen LogP contribution in [0.4, 0.5) is 0 Å². The molecule has 0 aliphatic carbocycles. The molecule has 0 aromatic heterocycles. The molecule has 0 spiro atoms. The summed E-state index contributed by atoms with van der Waals surface area (Å²) in [7, 11) is 0. The molecule has 3 aromatic carbocycles. The highest BCUT2D eigenvalue weighted by atomic mass is 32.2. The first kappa shape index (κ1) is 30.5. The molecule has 4 atom stereocenters. The lowest BCUT2D eigenvalue weighted by Crippen LogP contribution is -2.55. The molecule has 1 saturated heterocycles. The summed E-state index contributed by atoms with van der Waals surface area (Å²) in [5.74, 6) is -1.17. The summed E-state index contributed by atoms with van der Waals surface area (Å²) < 4.78 is -0.554. The zero-order valence-corrected chi connectivity index (χ0v) is 24.4. The molecule has 216 valence electrons. The van der Waals surface area contributed by atoms with Crippen molar-refractivity contribution in [3.05, 3.63) is 108 Å². The minimum atomic E-state index is -0.671. The van der Waals surface area contributed by atoms with Crippen LogP contribution in [-0.4, -0.2) is 51.5 Å². The zero-order valence-electron chi connectivity index (χ0n) is 23.6. The lowest BCUT2D eigenvalue weighted by molar-refractivity contribution is -0.130. The van der Waals surface area contributed by atoms with Crippen LogP contribution in [0.5, 0.6) is 0 Å². The molecule has 2 amide bonds. The highest BCUT2D eigenvalue weighted by Crippen LogP contribution is 2.42. The van der Waals surface area contributed by atoms with Gasteiger partial charge in [0.05, 0.1) is 23.9 Å². The minimum absolute atomic E-state index is 0.0348. The van der Waals surface area contributed by atoms with Gasteiger partial charge in [-0.05, 0) is 37.0 Å². The molecular weight excluding hydrogens is 534 g/mol. The van der Waals surface area contributed by atoms with Gasteiger partial charge in [-0.2, -0.15) is 0 Å². The molecule has 3 aromatic rings. The molecule has 0 saturated carbocycles. The number of aliphatic hydroxyl groups is 1. The van der Waals surface area contributed by atoms with Gasteiger partial charge in [0.2, 0.25) is 11.8 Å². The molecule has 0 bridgehead atoms. The Hall–Kier alpha value is -3.46. The third-order valence-electron chi connectivity index (χ3n) is 7.31. The van der Waals surface area contributed by atoms with Gasteiger partial charge in [0.1, 0.15) is 11.8 Å². The number of hydrogen-bond acceptors (Lipinski definition) is 6. The van der Waals surface area contributed by atoms with Crippen LogP contribution in [0.3, 0.4) is 0 Å². The summed E-state index contributed by atoms with van der Waals surface area (Å²) >= 11 is 1.50. The number of aliphatic hydroxyl groups excluding tert-OH is 1. The van der Waals surface area contributed by atoms with E-state index in [0.717, 1.165) is 16.7 Å². The van der Waals surface area contributed by atoms with Crippen LogP contribution in [0.15, 0.2) is 91.0 Å². The maximum absolute atomic E-state index is 13.6. The van der Waals surface area contributed by atoms with E-state index in [1.807, 2.05) is 105 Å². The Kier molecular flexibility index (Phi) is 10.7. The zero-order chi connectivity index (χ0) is 29.2. The summed E-state index contributed by atoms with van der Waals surface area (Å²) in [4.78, 5) is 40.2. The molecule has 1 aliphatic heterocycles. The van der Waals surface area contributed by atoms with Gasteiger partial charge in [0.15, 0.2) is 0 Å². The molecule has 4 rings (SSSR count). The van der Waals surface area contributed by atoms with Crippen molar-refractivity contribution in [3.8, 4) is 0 Å². The van der Waals surface area contributed by atoms with Crippen LogP contribution < -0.4 is 16.0 Å². The van der Waals surface area contributed by atoms with Crippen molar-refractivity contribution in [3.63, 3.8) is 0 Å². The maximum Gasteiger partial charge on any atom is 0.238 e. The first-order valence-corrected chi connectivity index (χ1v) is 14.9. The Bertz CT molecular complexity index is 1290. The van der Waals surface area contributed by atoms with E-state index in [1.165, 1.54) is 11.8 Å². The van der Waals surface area contributed by atoms with E-state index in [4.69, 9.17) is 0 Å². The van der Waals surface area contributed by atoms with E-state index in [-0.39, 0.29) is 37.0 Å². The summed E-state index contributed by atoms with van der Waals surface area (Å²) in [5.41, 5.74) is 2.89. The summed E-state index contributed by atoms with van der Waals surface area (Å²) in [5, 5.41) is 18.9. The van der Waals surface area contributed by atoms with Crippen molar-refractivity contribution in [2.75, 3.05) is 6.61 Å². The summed E-state index contributed by atoms with van der Waals surface area (Å²) in [6.07, 6.45) is 0.800. The second-order valence-corrected chi connectivity index (χ2v) is 12.8. The average Bonchev–Trinajstić information content (AvgIpc) is 3.30. The van der Waals surface area contributed by atoms with Crippen LogP contribution >= 0.6 is 11.8 Å². The molecule has 1 fully saturated rings. The highest BCUT2D eigenvalue weighted by molar-refractivity contribution is 8.01. The molecular formula is C33H39N3O4S. The number of Topliss-reactive ketones (excluding diaryl/α,β-unsaturated/α-hetero) is 1. The predicted octanol–water partition coefficient (Wildman–Crippen LogP) is 3.65. The normalized spacial score (nSPS) is 19.2. The van der Waals surface area contributed by atoms with E-state index in [2.05, 4.69) is 16.0 Å². The number of nitrogens with one attached hydrogen (secondary N) is 3. The van der Waals surface area contributed by atoms with Gasteiger partial charge in [-0.3, -0.25) is 19.7 Å². The SMILES string of the molecule is CC1(C)SC([C@@H](CC(=O)Cc2ccccc2)C(=O)NCc2ccccc2)NC1C(=O)N[C@@H](CO)Cc1ccccc1. The third-order valence-corrected chi connectivity index (χ3v) is 8.88. The Morgan fingerprint density at radius 1 is 0.878 bits per heavy atom. The fraction of sp³-hybridized carbons (Fsp3) is 0.364. The minimum Gasteiger partial charge on any atom is -0.394 e. The van der Waals surface area contributed by atoms with Crippen molar-refractivity contribution in [1.29, 1.82) is 0 Å². The molecule has 0 radical (unpaired) electrons. The number of benzene rings is 3. The fourth-order valence-electron chi connectivity index (χ4n) is 5.12. The number of ketones is 1. The first-order valence-electron chi connectivity index (χ1n) is 14.0. The Morgan fingerprint density at radius 3 is 2.02 bits per heavy atom. The maximum atomic E-state index is 13.6. The van der Waals surface area contributed by atoms with Crippen molar-refractivity contribution in [2.45, 2.75) is 61.9 Å². The van der Waals surface area contributed by atoms with Gasteiger partial charge in [0.25, 0.3) is 0 Å². The van der Waals surface area contributed by atoms with Crippen molar-refractivity contribution >= 4 is 29.4 Å². The fourth-order valence-corrected chi connectivity index (χ4v) is 6.68. The number of rotatable bonds is 13. The van der Waals surface area contributed by atoms with E-state index < -0.39 is 28.1 Å². The number of amides is 2. The molecule has 4 N–H and O–H groups in total. The van der Waals surface area contributed by atoms with Gasteiger partial charge in [0, 0.05) is 24.1 Å². The number of carbonyl (C=O) groups is 3. The molecule has 1 aliphatic rings. The molecule has 7 nitrogen and oxygen atoms in total. The molecule has 41 heavy (non-hydrogen) atoms. The predicted molar refractivity (Wildman–Crippen MR) is 163 cm³/mol. The van der Waals surface area contributed by atoms with Gasteiger partial charge in [-0.15, -0.1) is 11.8 Å². The third kappa shape index (κ3) is 8.76. The molecule has 2 unspecified atom stereocenters. The Labute approximate surface area is 246 Å². The first-order chi connectivity index (χ1) is 19.7. The second kappa shape index (κ2) is 14.4. The van der Waals surface area contributed by atoms with E-state index in [1.54, 1.807) is 0 Å². The topological polar surface area (TPSA) is 108 Å². The van der Waals surface area contributed by atoms with Crippen molar-refractivity contribution < 1.29 is 19.5 Å². The van der Waals surface area contributed by atoms with Crippen LogP contribution in [0.2, 0.25) is 0 Å². The summed E-state index contributed by atoms with van der Waals surface area (Å²) in [6, 6.07) is 27.8. The van der Waals surface area contributed by atoms with Gasteiger partial charge < -0.3 is 15.7 Å². The van der Waals surface area contributed by atoms with Crippen LogP contribution in [-0.2, 0) is 33.8 Å². The number of carbonyl (C=O) groups excluding carboxylic acids is 3. The summed E-state index contributed by atoms with van der Waals surface area (Å²) in [6.45, 7) is 4.09. The van der Waals surface area contributed by atoms with Crippen LogP contribution in [0.25, 0.3) is 0 Å². The second-order valence-electron chi connectivity index (χ2n) is 11.0. The monoisotopic (exact) mass is 573 g/mol. The number of thioether (sulfide) groups is 1. The average molecular weight is 574 g/mol. The number of hydrogen-bond donors (Lipinski definition) is 4. The van der Waals surface area contributed by atoms with Gasteiger partial charge in [-0.25, -0.2) is 0 Å². The van der Waals surface area contributed by atoms with Gasteiger partial charge in [-0.1, -0.05) is 91.0 Å². The lowest BCUT2D eigenvalue weighted by Gasteiger charge is -2.26. The van der Waals surface area contributed by atoms with Crippen molar-refractivity contribution in [2.24, 2.45) is 5.92 Å². The van der Waals surface area contributed by atoms with Crippen LogP contribution in [0.1, 0.15) is 37.0 Å². The van der Waals surface area contributed by atoms with E-state index in [9.17, 15) is 19.5 Å². The standard InChI is InChI=1S/C33H39N3O4S/c1-33(2)29(31(40)35-26(22-37)18-23-12-6-3-7-13-23)36-32(41-33)28(20-27(38)19-24-14-8-4-9-15-24)30(39)34-21-25-16-10-5-11-17-25/h3-17,26,28-29,32,36-37H,18-22H2,1-2H3,(H,34,39)(H,35,40)/t26-,28+,29?,32?/m1/s1. The lowest BCUT2D eigenvalue weighted by atomic mass is 9.95. The smallest absolute Gasteiger partial charge is 0.238 e. The molecule has 8 heteroatoms. The van der Waals surface area contributed by atoms with Crippen molar-refractivity contribution in [1.82, 2.24) is 16.0 Å². The Morgan fingerprint density at radius 2 is 1.44 bits per heavy atom. The van der Waals surface area contributed by atoms with E-state index in [0.29, 0.717) is 13.0 Å². The van der Waals surface area contributed by atoms with Gasteiger partial charge >= 0.3 is 0 Å². The van der Waals surface area contributed by atoms with E-state index >= 15 is 0 Å². The van der Waals surface area contributed by atoms with Crippen LogP contribution in [0, 0.1) is 5.92 Å². The molecule has 1 heterocycles. The quantitative estimate of drug-likeness (QED) is 0.249. The highest BCUT2D eigenvalue weighted by Gasteiger charge is 2.49. The largest absolute Gasteiger partial charge is 0.394 e.